The van der Waals surface area contributed by atoms with Crippen LogP contribution < -0.4 is 4.74 Å². The maximum atomic E-state index is 13.1. The highest BCUT2D eigenvalue weighted by Gasteiger charge is 2.47. The van der Waals surface area contributed by atoms with Gasteiger partial charge in [-0.2, -0.15) is 0 Å². The molecule has 1 atom stereocenters. The zero-order valence-corrected chi connectivity index (χ0v) is 20.9. The molecule has 7 nitrogen and oxygen atoms in total. The molecule has 1 aliphatic heterocycles. The molecule has 1 aliphatic rings. The lowest BCUT2D eigenvalue weighted by Gasteiger charge is -2.26. The van der Waals surface area contributed by atoms with Crippen LogP contribution in [0, 0.1) is 6.92 Å². The van der Waals surface area contributed by atoms with Gasteiger partial charge < -0.3 is 24.1 Å². The first-order valence-electron chi connectivity index (χ1n) is 12.3. The molecule has 188 valence electrons. The number of hydrogen-bond acceptors (Lipinski definition) is 6. The minimum Gasteiger partial charge on any atom is -0.507 e. The molecule has 1 saturated heterocycles. The lowest BCUT2D eigenvalue weighted by atomic mass is 9.99. The molecule has 2 aromatic carbocycles. The van der Waals surface area contributed by atoms with Crippen LogP contribution in [-0.2, 0) is 16.2 Å². The van der Waals surface area contributed by atoms with Gasteiger partial charge in [0.25, 0.3) is 11.7 Å². The number of benzene rings is 2. The summed E-state index contributed by atoms with van der Waals surface area (Å²) in [5.74, 6) is -0.507. The van der Waals surface area contributed by atoms with Crippen molar-refractivity contribution in [1.29, 1.82) is 0 Å². The van der Waals surface area contributed by atoms with Gasteiger partial charge in [-0.1, -0.05) is 38.1 Å². The topological polar surface area (TPSA) is 83.2 Å². The summed E-state index contributed by atoms with van der Waals surface area (Å²) in [6.07, 6.45) is 1.50. The number of likely N-dealkylation sites (tertiary alicyclic amines) is 1. The Morgan fingerprint density at radius 1 is 1.03 bits per heavy atom. The summed E-state index contributed by atoms with van der Waals surface area (Å²) in [5, 5.41) is 11.2. The fourth-order valence-electron chi connectivity index (χ4n) is 4.44. The van der Waals surface area contributed by atoms with E-state index in [0.29, 0.717) is 36.8 Å². The third-order valence-corrected chi connectivity index (χ3v) is 6.69. The SMILES string of the molecule is CCN(CC)CCN1C(=O)C(=O)/C(=C(/O)c2ccc(OCc3ccccc3C)cc2)C1c1ccco1. The van der Waals surface area contributed by atoms with E-state index in [-0.39, 0.29) is 11.3 Å². The quantitative estimate of drug-likeness (QED) is 0.248. The lowest BCUT2D eigenvalue weighted by Crippen LogP contribution is -2.37. The average molecular weight is 489 g/mol. The van der Waals surface area contributed by atoms with E-state index in [2.05, 4.69) is 18.7 Å². The smallest absolute Gasteiger partial charge is 0.295 e. The maximum Gasteiger partial charge on any atom is 0.295 e. The number of ketones is 1. The molecule has 0 radical (unpaired) electrons. The second-order valence-corrected chi connectivity index (χ2v) is 8.77. The predicted molar refractivity (Wildman–Crippen MR) is 137 cm³/mol. The summed E-state index contributed by atoms with van der Waals surface area (Å²) < 4.78 is 11.5. The molecule has 7 heteroatoms. The van der Waals surface area contributed by atoms with Crippen LogP contribution in [0.1, 0.15) is 42.3 Å². The number of amides is 1. The van der Waals surface area contributed by atoms with Crippen molar-refractivity contribution in [2.75, 3.05) is 26.2 Å². The molecule has 4 rings (SSSR count). The minimum absolute atomic E-state index is 0.0306. The highest BCUT2D eigenvalue weighted by atomic mass is 16.5. The van der Waals surface area contributed by atoms with Gasteiger partial charge in [-0.05, 0) is 67.5 Å². The Labute approximate surface area is 211 Å². The number of aliphatic hydroxyl groups excluding tert-OH is 1. The second kappa shape index (κ2) is 11.3. The highest BCUT2D eigenvalue weighted by molar-refractivity contribution is 6.46. The molecule has 36 heavy (non-hydrogen) atoms. The molecule has 1 N–H and O–H groups in total. The summed E-state index contributed by atoms with van der Waals surface area (Å²) in [6, 6.07) is 17.5. The molecule has 0 saturated carbocycles. The predicted octanol–water partition coefficient (Wildman–Crippen LogP) is 4.93. The molecule has 2 heterocycles. The van der Waals surface area contributed by atoms with Crippen molar-refractivity contribution in [2.45, 2.75) is 33.4 Å². The van der Waals surface area contributed by atoms with Crippen LogP contribution in [0.2, 0.25) is 0 Å². The van der Waals surface area contributed by atoms with Crippen LogP contribution in [0.15, 0.2) is 76.9 Å². The van der Waals surface area contributed by atoms with Gasteiger partial charge in [-0.15, -0.1) is 0 Å². The Kier molecular flexibility index (Phi) is 7.90. The Morgan fingerprint density at radius 2 is 1.75 bits per heavy atom. The van der Waals surface area contributed by atoms with Crippen LogP contribution in [0.25, 0.3) is 5.76 Å². The van der Waals surface area contributed by atoms with E-state index in [4.69, 9.17) is 9.15 Å². The minimum atomic E-state index is -0.785. The Hall–Kier alpha value is -3.84. The van der Waals surface area contributed by atoms with Crippen LogP contribution in [0.3, 0.4) is 0 Å². The Balaban J connectivity index is 1.59. The maximum absolute atomic E-state index is 13.1. The molecule has 0 spiro atoms. The summed E-state index contributed by atoms with van der Waals surface area (Å²) in [5.41, 5.74) is 2.70. The molecular formula is C29H32N2O5. The van der Waals surface area contributed by atoms with Crippen LogP contribution in [0.4, 0.5) is 0 Å². The summed E-state index contributed by atoms with van der Waals surface area (Å²) in [6.45, 7) is 9.20. The van der Waals surface area contributed by atoms with Crippen molar-refractivity contribution in [1.82, 2.24) is 9.80 Å². The molecule has 0 bridgehead atoms. The van der Waals surface area contributed by atoms with Crippen molar-refractivity contribution in [3.8, 4) is 5.75 Å². The number of ether oxygens (including phenoxy) is 1. The number of furan rings is 1. The van der Waals surface area contributed by atoms with Gasteiger partial charge in [0.05, 0.1) is 11.8 Å². The average Bonchev–Trinajstić information content (AvgIpc) is 3.51. The molecule has 1 fully saturated rings. The number of Topliss-reactive ketones (excluding diaryl/α,β-unsaturated/α-hetero) is 1. The van der Waals surface area contributed by atoms with Gasteiger partial charge in [-0.25, -0.2) is 0 Å². The third-order valence-electron chi connectivity index (χ3n) is 6.69. The van der Waals surface area contributed by atoms with Crippen molar-refractivity contribution in [2.24, 2.45) is 0 Å². The first-order valence-corrected chi connectivity index (χ1v) is 12.3. The molecule has 1 aromatic heterocycles. The van der Waals surface area contributed by atoms with Gasteiger partial charge in [0.2, 0.25) is 0 Å². The number of nitrogens with zero attached hydrogens (tertiary/aromatic N) is 2. The van der Waals surface area contributed by atoms with Crippen molar-refractivity contribution in [3.05, 3.63) is 95.0 Å². The number of rotatable bonds is 10. The van der Waals surface area contributed by atoms with Gasteiger partial charge in [0, 0.05) is 18.7 Å². The number of hydrogen-bond donors (Lipinski definition) is 1. The lowest BCUT2D eigenvalue weighted by molar-refractivity contribution is -0.140. The second-order valence-electron chi connectivity index (χ2n) is 8.77. The number of likely N-dealkylation sites (N-methyl/N-ethyl adjacent to an activating group) is 1. The van der Waals surface area contributed by atoms with Crippen LogP contribution in [-0.4, -0.2) is 52.8 Å². The number of aryl methyl sites for hydroxylation is 1. The van der Waals surface area contributed by atoms with E-state index in [1.165, 1.54) is 11.2 Å². The molecule has 0 aliphatic carbocycles. The Morgan fingerprint density at radius 3 is 2.39 bits per heavy atom. The number of carbonyl (C=O) groups excluding carboxylic acids is 2. The van der Waals surface area contributed by atoms with Crippen LogP contribution >= 0.6 is 0 Å². The normalized spacial score (nSPS) is 17.2. The standard InChI is InChI=1S/C29H32N2O5/c1-4-30(5-2)16-17-31-26(24-11-8-18-35-24)25(28(33)29(31)34)27(32)21-12-14-23(15-13-21)36-19-22-10-7-6-9-20(22)3/h6-15,18,26,32H,4-5,16-17,19H2,1-3H3/b27-25+. The summed E-state index contributed by atoms with van der Waals surface area (Å²) in [4.78, 5) is 29.8. The van der Waals surface area contributed by atoms with Crippen molar-refractivity contribution < 1.29 is 23.8 Å². The zero-order chi connectivity index (χ0) is 25.7. The molecule has 3 aromatic rings. The first-order chi connectivity index (χ1) is 17.4. The van der Waals surface area contributed by atoms with Gasteiger partial charge in [0.1, 0.15) is 29.9 Å². The summed E-state index contributed by atoms with van der Waals surface area (Å²) in [7, 11) is 0. The Bertz CT molecular complexity index is 1230. The third kappa shape index (κ3) is 5.21. The molecule has 1 unspecified atom stereocenters. The number of aliphatic hydroxyl groups is 1. The highest BCUT2D eigenvalue weighted by Crippen LogP contribution is 2.39. The van der Waals surface area contributed by atoms with Gasteiger partial charge >= 0.3 is 0 Å². The van der Waals surface area contributed by atoms with Crippen molar-refractivity contribution >= 4 is 17.4 Å². The van der Waals surface area contributed by atoms with Crippen LogP contribution in [0.5, 0.6) is 5.75 Å². The van der Waals surface area contributed by atoms with E-state index in [1.807, 2.05) is 31.2 Å². The van der Waals surface area contributed by atoms with Crippen molar-refractivity contribution in [3.63, 3.8) is 0 Å². The largest absolute Gasteiger partial charge is 0.507 e. The van der Waals surface area contributed by atoms with Gasteiger partial charge in [0.15, 0.2) is 0 Å². The monoisotopic (exact) mass is 488 g/mol. The zero-order valence-electron chi connectivity index (χ0n) is 20.9. The molecular weight excluding hydrogens is 456 g/mol. The van der Waals surface area contributed by atoms with E-state index in [0.717, 1.165) is 24.2 Å². The van der Waals surface area contributed by atoms with E-state index >= 15 is 0 Å². The fraction of sp³-hybridized carbons (Fsp3) is 0.310. The van der Waals surface area contributed by atoms with E-state index in [1.54, 1.807) is 36.4 Å². The van der Waals surface area contributed by atoms with Gasteiger partial charge in [-0.3, -0.25) is 9.59 Å². The number of carbonyl (C=O) groups is 2. The molecule has 1 amide bonds. The van der Waals surface area contributed by atoms with E-state index in [9.17, 15) is 14.7 Å². The fourth-order valence-corrected chi connectivity index (χ4v) is 4.44. The summed E-state index contributed by atoms with van der Waals surface area (Å²) >= 11 is 0. The first kappa shape index (κ1) is 25.3. The van der Waals surface area contributed by atoms with E-state index < -0.39 is 17.7 Å².